The Morgan fingerprint density at radius 2 is 1.75 bits per heavy atom. The van der Waals surface area contributed by atoms with Crippen molar-refractivity contribution in [2.75, 3.05) is 51.2 Å². The van der Waals surface area contributed by atoms with Gasteiger partial charge in [0, 0.05) is 76.0 Å². The van der Waals surface area contributed by atoms with E-state index in [-0.39, 0.29) is 5.91 Å². The number of aromatic nitrogens is 4. The van der Waals surface area contributed by atoms with E-state index in [2.05, 4.69) is 24.9 Å². The highest BCUT2D eigenvalue weighted by molar-refractivity contribution is 5.79. The van der Waals surface area contributed by atoms with Gasteiger partial charge < -0.3 is 9.80 Å². The quantitative estimate of drug-likeness (QED) is 0.738. The van der Waals surface area contributed by atoms with Crippen molar-refractivity contribution in [3.63, 3.8) is 0 Å². The van der Waals surface area contributed by atoms with Crippen molar-refractivity contribution in [3.05, 3.63) is 34.9 Å². The number of hydrogen-bond acceptors (Lipinski definition) is 6. The van der Waals surface area contributed by atoms with Crippen molar-refractivity contribution in [1.29, 1.82) is 0 Å². The molecule has 8 heteroatoms. The SMILES string of the molecule is Cc1cc(C)nc(N(C)CCN2CCN(C(=O)Cc3cnn(C)c3C)CC2)n1. The van der Waals surface area contributed by atoms with Crippen LogP contribution in [0.4, 0.5) is 5.95 Å². The van der Waals surface area contributed by atoms with Gasteiger partial charge in [0.1, 0.15) is 0 Å². The fraction of sp³-hybridized carbons (Fsp3) is 0.600. The van der Waals surface area contributed by atoms with E-state index in [9.17, 15) is 4.79 Å². The molecule has 0 aromatic carbocycles. The van der Waals surface area contributed by atoms with E-state index >= 15 is 0 Å². The predicted octanol–water partition coefficient (Wildman–Crippen LogP) is 0.958. The molecule has 1 aliphatic rings. The van der Waals surface area contributed by atoms with Gasteiger partial charge in [0.25, 0.3) is 0 Å². The van der Waals surface area contributed by atoms with Gasteiger partial charge in [0.15, 0.2) is 0 Å². The number of amides is 1. The first-order valence-corrected chi connectivity index (χ1v) is 9.84. The number of anilines is 1. The van der Waals surface area contributed by atoms with E-state index in [0.717, 1.165) is 67.9 Å². The van der Waals surface area contributed by atoms with Crippen molar-refractivity contribution >= 4 is 11.9 Å². The Kier molecular flexibility index (Phi) is 6.28. The van der Waals surface area contributed by atoms with Crippen LogP contribution in [0.2, 0.25) is 0 Å². The Labute approximate surface area is 167 Å². The molecule has 0 spiro atoms. The summed E-state index contributed by atoms with van der Waals surface area (Å²) in [5.74, 6) is 0.967. The van der Waals surface area contributed by atoms with Crippen molar-refractivity contribution in [3.8, 4) is 0 Å². The lowest BCUT2D eigenvalue weighted by Gasteiger charge is -2.35. The molecule has 3 rings (SSSR count). The second-order valence-corrected chi connectivity index (χ2v) is 7.65. The van der Waals surface area contributed by atoms with Crippen LogP contribution in [-0.4, -0.2) is 81.8 Å². The lowest BCUT2D eigenvalue weighted by atomic mass is 10.1. The summed E-state index contributed by atoms with van der Waals surface area (Å²) in [6.45, 7) is 11.2. The maximum Gasteiger partial charge on any atom is 0.227 e. The number of hydrogen-bond donors (Lipinski definition) is 0. The zero-order valence-electron chi connectivity index (χ0n) is 17.6. The molecule has 0 radical (unpaired) electrons. The van der Waals surface area contributed by atoms with Crippen LogP contribution in [0.25, 0.3) is 0 Å². The summed E-state index contributed by atoms with van der Waals surface area (Å²) >= 11 is 0. The topological polar surface area (TPSA) is 70.4 Å². The zero-order chi connectivity index (χ0) is 20.3. The fourth-order valence-electron chi connectivity index (χ4n) is 3.48. The third-order valence-electron chi connectivity index (χ3n) is 5.47. The van der Waals surface area contributed by atoms with Crippen LogP contribution in [-0.2, 0) is 18.3 Å². The lowest BCUT2D eigenvalue weighted by Crippen LogP contribution is -2.50. The third kappa shape index (κ3) is 4.86. The first-order chi connectivity index (χ1) is 13.3. The summed E-state index contributed by atoms with van der Waals surface area (Å²) in [5.41, 5.74) is 4.06. The Balaban J connectivity index is 1.45. The summed E-state index contributed by atoms with van der Waals surface area (Å²) in [6.07, 6.45) is 2.24. The summed E-state index contributed by atoms with van der Waals surface area (Å²) in [7, 11) is 3.94. The van der Waals surface area contributed by atoms with Crippen LogP contribution in [0.1, 0.15) is 22.6 Å². The second kappa shape index (κ2) is 8.68. The highest BCUT2D eigenvalue weighted by Gasteiger charge is 2.22. The van der Waals surface area contributed by atoms with Crippen LogP contribution >= 0.6 is 0 Å². The second-order valence-electron chi connectivity index (χ2n) is 7.65. The smallest absolute Gasteiger partial charge is 0.227 e. The van der Waals surface area contributed by atoms with E-state index in [1.807, 2.05) is 50.5 Å². The molecule has 1 saturated heterocycles. The van der Waals surface area contributed by atoms with Crippen molar-refractivity contribution < 1.29 is 4.79 Å². The third-order valence-corrected chi connectivity index (χ3v) is 5.47. The number of likely N-dealkylation sites (N-methyl/N-ethyl adjacent to an activating group) is 1. The normalized spacial score (nSPS) is 15.1. The van der Waals surface area contributed by atoms with E-state index in [1.54, 1.807) is 6.20 Å². The minimum atomic E-state index is 0.191. The molecule has 2 aromatic rings. The van der Waals surface area contributed by atoms with Gasteiger partial charge in [-0.3, -0.25) is 14.4 Å². The number of aryl methyl sites for hydroxylation is 3. The van der Waals surface area contributed by atoms with E-state index < -0.39 is 0 Å². The standard InChI is InChI=1S/C20H31N7O/c1-15-12-16(2)23-20(22-15)24(4)6-7-26-8-10-27(11-9-26)19(28)13-18-14-21-25(5)17(18)3/h12,14H,6-11,13H2,1-5H3. The molecular formula is C20H31N7O. The molecule has 0 unspecified atom stereocenters. The Hall–Kier alpha value is -2.48. The summed E-state index contributed by atoms with van der Waals surface area (Å²) < 4.78 is 1.82. The van der Waals surface area contributed by atoms with Gasteiger partial charge in [0.05, 0.1) is 12.6 Å². The number of nitrogens with zero attached hydrogens (tertiary/aromatic N) is 7. The average Bonchev–Trinajstić information content (AvgIpc) is 2.97. The first-order valence-electron chi connectivity index (χ1n) is 9.84. The number of carbonyl (C=O) groups excluding carboxylic acids is 1. The molecule has 1 amide bonds. The molecule has 152 valence electrons. The van der Waals surface area contributed by atoms with Gasteiger partial charge in [-0.1, -0.05) is 0 Å². The van der Waals surface area contributed by atoms with Crippen LogP contribution in [0.3, 0.4) is 0 Å². The Morgan fingerprint density at radius 1 is 1.11 bits per heavy atom. The molecule has 0 aliphatic carbocycles. The minimum Gasteiger partial charge on any atom is -0.343 e. The van der Waals surface area contributed by atoms with Crippen LogP contribution < -0.4 is 4.90 Å². The summed E-state index contributed by atoms with van der Waals surface area (Å²) in [4.78, 5) is 28.1. The van der Waals surface area contributed by atoms with Crippen LogP contribution in [0, 0.1) is 20.8 Å². The molecule has 8 nitrogen and oxygen atoms in total. The monoisotopic (exact) mass is 385 g/mol. The first kappa shape index (κ1) is 20.3. The van der Waals surface area contributed by atoms with E-state index in [4.69, 9.17) is 0 Å². The van der Waals surface area contributed by atoms with Crippen LogP contribution in [0.15, 0.2) is 12.3 Å². The van der Waals surface area contributed by atoms with Gasteiger partial charge in [-0.2, -0.15) is 5.10 Å². The summed E-state index contributed by atoms with van der Waals surface area (Å²) in [5, 5.41) is 4.23. The van der Waals surface area contributed by atoms with Gasteiger partial charge in [0.2, 0.25) is 11.9 Å². The molecule has 0 N–H and O–H groups in total. The van der Waals surface area contributed by atoms with Crippen LogP contribution in [0.5, 0.6) is 0 Å². The van der Waals surface area contributed by atoms with Gasteiger partial charge >= 0.3 is 0 Å². The van der Waals surface area contributed by atoms with E-state index in [0.29, 0.717) is 6.42 Å². The van der Waals surface area contributed by atoms with Crippen molar-refractivity contribution in [2.45, 2.75) is 27.2 Å². The van der Waals surface area contributed by atoms with Gasteiger partial charge in [-0.15, -0.1) is 0 Å². The minimum absolute atomic E-state index is 0.191. The number of piperazine rings is 1. The Morgan fingerprint density at radius 3 is 2.32 bits per heavy atom. The van der Waals surface area contributed by atoms with Gasteiger partial charge in [-0.05, 0) is 26.8 Å². The largest absolute Gasteiger partial charge is 0.343 e. The highest BCUT2D eigenvalue weighted by atomic mass is 16.2. The molecular weight excluding hydrogens is 354 g/mol. The Bertz CT molecular complexity index is 804. The predicted molar refractivity (Wildman–Crippen MR) is 109 cm³/mol. The van der Waals surface area contributed by atoms with Crippen molar-refractivity contribution in [2.24, 2.45) is 7.05 Å². The van der Waals surface area contributed by atoms with Crippen molar-refractivity contribution in [1.82, 2.24) is 29.5 Å². The molecule has 28 heavy (non-hydrogen) atoms. The van der Waals surface area contributed by atoms with E-state index in [1.165, 1.54) is 0 Å². The molecule has 2 aromatic heterocycles. The zero-order valence-corrected chi connectivity index (χ0v) is 17.6. The molecule has 0 atom stereocenters. The molecule has 0 saturated carbocycles. The maximum absolute atomic E-state index is 12.6. The highest BCUT2D eigenvalue weighted by Crippen LogP contribution is 2.11. The lowest BCUT2D eigenvalue weighted by molar-refractivity contribution is -0.132. The molecule has 3 heterocycles. The maximum atomic E-state index is 12.6. The number of rotatable bonds is 6. The average molecular weight is 386 g/mol. The summed E-state index contributed by atoms with van der Waals surface area (Å²) in [6, 6.07) is 1.99. The molecule has 0 bridgehead atoms. The number of carbonyl (C=O) groups is 1. The van der Waals surface area contributed by atoms with Gasteiger partial charge in [-0.25, -0.2) is 9.97 Å². The molecule has 1 aliphatic heterocycles. The fourth-order valence-corrected chi connectivity index (χ4v) is 3.48. The molecule has 1 fully saturated rings.